The Hall–Kier alpha value is -1.24. The number of ether oxygens (including phenoxy) is 2. The Morgan fingerprint density at radius 3 is 2.84 bits per heavy atom. The first-order valence-corrected chi connectivity index (χ1v) is 8.92. The van der Waals surface area contributed by atoms with Crippen molar-refractivity contribution in [3.05, 3.63) is 41.0 Å². The highest BCUT2D eigenvalue weighted by Gasteiger charge is 2.12. The maximum Gasteiger partial charge on any atom is 0.0900 e. The molecule has 0 saturated heterocycles. The van der Waals surface area contributed by atoms with Gasteiger partial charge in [-0.25, -0.2) is 0 Å². The number of nitrogens with zero attached hydrogens (tertiary/aromatic N) is 2. The van der Waals surface area contributed by atoms with E-state index in [1.54, 1.807) is 6.20 Å². The zero-order chi connectivity index (χ0) is 18.2. The van der Waals surface area contributed by atoms with E-state index in [1.165, 1.54) is 0 Å². The third kappa shape index (κ3) is 6.88. The van der Waals surface area contributed by atoms with Crippen molar-refractivity contribution in [3.63, 3.8) is 0 Å². The largest absolute Gasteiger partial charge is 0.389 e. The predicted octanol–water partition coefficient (Wildman–Crippen LogP) is 3.12. The molecule has 1 heterocycles. The lowest BCUT2D eigenvalue weighted by molar-refractivity contribution is -0.0173. The van der Waals surface area contributed by atoms with Crippen LogP contribution in [-0.4, -0.2) is 60.6 Å². The molecule has 1 aromatic heterocycles. The Labute approximate surface area is 154 Å². The van der Waals surface area contributed by atoms with E-state index in [-0.39, 0.29) is 6.10 Å². The molecule has 0 aliphatic carbocycles. The molecule has 2 rings (SSSR count). The monoisotopic (exact) mass is 366 g/mol. The number of rotatable bonds is 10. The van der Waals surface area contributed by atoms with Gasteiger partial charge in [0, 0.05) is 29.7 Å². The molecule has 1 unspecified atom stereocenters. The highest BCUT2D eigenvalue weighted by molar-refractivity contribution is 6.31. The zero-order valence-electron chi connectivity index (χ0n) is 15.1. The topological polar surface area (TPSA) is 54.8 Å². The van der Waals surface area contributed by atoms with Gasteiger partial charge in [0.2, 0.25) is 0 Å². The van der Waals surface area contributed by atoms with E-state index < -0.39 is 6.10 Å². The van der Waals surface area contributed by atoms with Crippen molar-refractivity contribution in [1.82, 2.24) is 9.88 Å². The van der Waals surface area contributed by atoms with Crippen LogP contribution < -0.4 is 0 Å². The minimum absolute atomic E-state index is 0.195. The molecular formula is C19H27ClN2O3. The summed E-state index contributed by atoms with van der Waals surface area (Å²) in [6.07, 6.45) is 1.42. The Kier molecular flexibility index (Phi) is 8.06. The number of pyridine rings is 1. The second-order valence-corrected chi connectivity index (χ2v) is 6.92. The van der Waals surface area contributed by atoms with Crippen molar-refractivity contribution in [2.75, 3.05) is 33.4 Å². The molecule has 2 aromatic rings. The first kappa shape index (κ1) is 20.1. The van der Waals surface area contributed by atoms with Crippen LogP contribution in [-0.2, 0) is 16.0 Å². The molecule has 0 spiro atoms. The second kappa shape index (κ2) is 10.0. The van der Waals surface area contributed by atoms with Crippen LogP contribution in [0.25, 0.3) is 10.9 Å². The molecule has 0 amide bonds. The molecule has 1 atom stereocenters. The summed E-state index contributed by atoms with van der Waals surface area (Å²) in [5, 5.41) is 11.8. The third-order valence-corrected chi connectivity index (χ3v) is 3.92. The summed E-state index contributed by atoms with van der Waals surface area (Å²) in [5.74, 6) is 0. The lowest BCUT2D eigenvalue weighted by Gasteiger charge is -2.21. The van der Waals surface area contributed by atoms with Gasteiger partial charge in [-0.2, -0.15) is 0 Å². The Balaban J connectivity index is 1.83. The molecule has 25 heavy (non-hydrogen) atoms. The number of halogens is 1. The number of aliphatic hydroxyl groups excluding tert-OH is 1. The highest BCUT2D eigenvalue weighted by Crippen LogP contribution is 2.23. The Bertz CT molecular complexity index is 666. The van der Waals surface area contributed by atoms with E-state index in [0.717, 1.165) is 16.5 Å². The maximum absolute atomic E-state index is 10.1. The van der Waals surface area contributed by atoms with Crippen LogP contribution >= 0.6 is 11.6 Å². The van der Waals surface area contributed by atoms with Gasteiger partial charge in [-0.15, -0.1) is 0 Å². The fourth-order valence-electron chi connectivity index (χ4n) is 2.68. The molecule has 138 valence electrons. The van der Waals surface area contributed by atoms with Crippen LogP contribution in [0, 0.1) is 0 Å². The summed E-state index contributed by atoms with van der Waals surface area (Å²) < 4.78 is 10.9. The molecule has 0 bridgehead atoms. The lowest BCUT2D eigenvalue weighted by atomic mass is 10.1. The number of hydrogen-bond donors (Lipinski definition) is 1. The van der Waals surface area contributed by atoms with Crippen molar-refractivity contribution >= 4 is 22.5 Å². The van der Waals surface area contributed by atoms with Gasteiger partial charge in [-0.1, -0.05) is 17.7 Å². The quantitative estimate of drug-likeness (QED) is 0.655. The molecule has 6 heteroatoms. The standard InChI is InChI=1S/C19H27ClN2O3/c1-14(2)25-8-7-24-13-18(23)12-22(3)11-16-10-17(20)9-15-5-4-6-21-19(15)16/h4-6,9-10,14,18,23H,7-8,11-13H2,1-3H3. The zero-order valence-corrected chi connectivity index (χ0v) is 15.9. The summed E-state index contributed by atoms with van der Waals surface area (Å²) in [4.78, 5) is 6.49. The highest BCUT2D eigenvalue weighted by atomic mass is 35.5. The van der Waals surface area contributed by atoms with Crippen LogP contribution in [0.4, 0.5) is 0 Å². The smallest absolute Gasteiger partial charge is 0.0900 e. The number of fused-ring (bicyclic) bond motifs is 1. The molecule has 1 aromatic carbocycles. The van der Waals surface area contributed by atoms with Gasteiger partial charge in [0.15, 0.2) is 0 Å². The minimum Gasteiger partial charge on any atom is -0.389 e. The minimum atomic E-state index is -0.553. The number of hydrogen-bond acceptors (Lipinski definition) is 5. The molecule has 0 aliphatic rings. The van der Waals surface area contributed by atoms with E-state index in [9.17, 15) is 5.11 Å². The summed E-state index contributed by atoms with van der Waals surface area (Å²) in [5.41, 5.74) is 1.99. The average molecular weight is 367 g/mol. The summed E-state index contributed by atoms with van der Waals surface area (Å²) in [6.45, 7) is 6.45. The van der Waals surface area contributed by atoms with Gasteiger partial charge in [0.25, 0.3) is 0 Å². The number of likely N-dealkylation sites (N-methyl/N-ethyl adjacent to an activating group) is 1. The predicted molar refractivity (Wildman–Crippen MR) is 101 cm³/mol. The molecule has 0 aliphatic heterocycles. The SMILES string of the molecule is CC(C)OCCOCC(O)CN(C)Cc1cc(Cl)cc2cccnc12. The van der Waals surface area contributed by atoms with Crippen molar-refractivity contribution in [2.45, 2.75) is 32.6 Å². The molecule has 0 saturated carbocycles. The summed E-state index contributed by atoms with van der Waals surface area (Å²) >= 11 is 6.21. The molecule has 0 radical (unpaired) electrons. The van der Waals surface area contributed by atoms with E-state index in [0.29, 0.717) is 37.9 Å². The number of benzene rings is 1. The molecule has 5 nitrogen and oxygen atoms in total. The normalized spacial score (nSPS) is 13.1. The average Bonchev–Trinajstić information content (AvgIpc) is 2.53. The van der Waals surface area contributed by atoms with Crippen LogP contribution in [0.3, 0.4) is 0 Å². The van der Waals surface area contributed by atoms with E-state index in [2.05, 4.69) is 4.98 Å². The van der Waals surface area contributed by atoms with Gasteiger partial charge < -0.3 is 14.6 Å². The van der Waals surface area contributed by atoms with Crippen LogP contribution in [0.15, 0.2) is 30.5 Å². The van der Waals surface area contributed by atoms with E-state index >= 15 is 0 Å². The van der Waals surface area contributed by atoms with Gasteiger partial charge in [0.1, 0.15) is 0 Å². The van der Waals surface area contributed by atoms with Gasteiger partial charge in [-0.05, 0) is 44.7 Å². The maximum atomic E-state index is 10.1. The Morgan fingerprint density at radius 2 is 2.08 bits per heavy atom. The van der Waals surface area contributed by atoms with E-state index in [1.807, 2.05) is 50.1 Å². The summed E-state index contributed by atoms with van der Waals surface area (Å²) in [7, 11) is 1.96. The van der Waals surface area contributed by atoms with Crippen LogP contribution in [0.1, 0.15) is 19.4 Å². The first-order valence-electron chi connectivity index (χ1n) is 8.55. The number of aromatic nitrogens is 1. The van der Waals surface area contributed by atoms with Gasteiger partial charge in [-0.3, -0.25) is 9.88 Å². The number of aliphatic hydroxyl groups is 1. The molecular weight excluding hydrogens is 340 g/mol. The first-order chi connectivity index (χ1) is 12.0. The van der Waals surface area contributed by atoms with Gasteiger partial charge in [0.05, 0.1) is 37.5 Å². The van der Waals surface area contributed by atoms with Crippen molar-refractivity contribution < 1.29 is 14.6 Å². The Morgan fingerprint density at radius 1 is 1.28 bits per heavy atom. The van der Waals surface area contributed by atoms with E-state index in [4.69, 9.17) is 21.1 Å². The van der Waals surface area contributed by atoms with Crippen LogP contribution in [0.5, 0.6) is 0 Å². The fourth-order valence-corrected chi connectivity index (χ4v) is 2.93. The third-order valence-electron chi connectivity index (χ3n) is 3.70. The van der Waals surface area contributed by atoms with Crippen molar-refractivity contribution in [3.8, 4) is 0 Å². The molecule has 0 fully saturated rings. The molecule has 1 N–H and O–H groups in total. The summed E-state index contributed by atoms with van der Waals surface area (Å²) in [6, 6.07) is 7.74. The van der Waals surface area contributed by atoms with Crippen molar-refractivity contribution in [1.29, 1.82) is 0 Å². The van der Waals surface area contributed by atoms with Crippen LogP contribution in [0.2, 0.25) is 5.02 Å². The van der Waals surface area contributed by atoms with Gasteiger partial charge >= 0.3 is 0 Å². The lowest BCUT2D eigenvalue weighted by Crippen LogP contribution is -2.32. The fraction of sp³-hybridized carbons (Fsp3) is 0.526. The second-order valence-electron chi connectivity index (χ2n) is 6.49. The van der Waals surface area contributed by atoms with Crippen molar-refractivity contribution in [2.24, 2.45) is 0 Å².